The average molecular weight is 393 g/mol. The van der Waals surface area contributed by atoms with E-state index in [0.29, 0.717) is 6.61 Å². The second kappa shape index (κ2) is 8.68. The Bertz CT molecular complexity index is 936. The van der Waals surface area contributed by atoms with Gasteiger partial charge in [0.25, 0.3) is 0 Å². The molecule has 2 heterocycles. The number of nitrogens with one attached hydrogen (secondary N) is 1. The van der Waals surface area contributed by atoms with Gasteiger partial charge in [-0.25, -0.2) is 4.98 Å². The van der Waals surface area contributed by atoms with Crippen LogP contribution in [0.3, 0.4) is 0 Å². The molecule has 6 nitrogen and oxygen atoms in total. The molecule has 0 spiro atoms. The molecule has 6 heteroatoms. The zero-order chi connectivity index (χ0) is 20.2. The molecule has 4 rings (SSSR count). The first-order valence-electron chi connectivity index (χ1n) is 9.91. The highest BCUT2D eigenvalue weighted by Gasteiger charge is 2.27. The highest BCUT2D eigenvalue weighted by atomic mass is 16.5. The Morgan fingerprint density at radius 2 is 2.03 bits per heavy atom. The number of hydrogen-bond acceptors (Lipinski definition) is 5. The smallest absolute Gasteiger partial charge is 0.126 e. The van der Waals surface area contributed by atoms with Crippen molar-refractivity contribution in [1.82, 2.24) is 14.9 Å². The number of H-pyrrole nitrogens is 1. The average Bonchev–Trinajstić information content (AvgIpc) is 3.25. The van der Waals surface area contributed by atoms with E-state index in [4.69, 9.17) is 9.47 Å². The maximum atomic E-state index is 5.78. The van der Waals surface area contributed by atoms with E-state index in [1.165, 1.54) is 11.3 Å². The predicted octanol–water partition coefficient (Wildman–Crippen LogP) is 3.72. The van der Waals surface area contributed by atoms with E-state index in [-0.39, 0.29) is 6.04 Å². The number of ether oxygens (including phenoxy) is 2. The van der Waals surface area contributed by atoms with Crippen LogP contribution in [-0.2, 0) is 11.3 Å². The molecule has 29 heavy (non-hydrogen) atoms. The monoisotopic (exact) mass is 392 g/mol. The number of nitrogens with zero attached hydrogens (tertiary/aromatic N) is 3. The van der Waals surface area contributed by atoms with Crippen LogP contribution in [0.1, 0.15) is 17.4 Å². The summed E-state index contributed by atoms with van der Waals surface area (Å²) in [7, 11) is 5.80. The third-order valence-electron chi connectivity index (χ3n) is 5.37. The van der Waals surface area contributed by atoms with Crippen molar-refractivity contribution < 1.29 is 9.47 Å². The molecule has 1 fully saturated rings. The third-order valence-corrected chi connectivity index (χ3v) is 5.37. The molecule has 152 valence electrons. The molecule has 1 aliphatic rings. The first kappa shape index (κ1) is 19.5. The fraction of sp³-hybridized carbons (Fsp3) is 0.348. The summed E-state index contributed by atoms with van der Waals surface area (Å²) in [4.78, 5) is 12.7. The van der Waals surface area contributed by atoms with E-state index in [2.05, 4.69) is 64.2 Å². The molecular formula is C23H28N4O2. The first-order chi connectivity index (χ1) is 14.1. The van der Waals surface area contributed by atoms with Gasteiger partial charge in [0, 0.05) is 38.4 Å². The zero-order valence-electron chi connectivity index (χ0n) is 17.3. The van der Waals surface area contributed by atoms with Crippen molar-refractivity contribution in [3.8, 4) is 17.0 Å². The van der Waals surface area contributed by atoms with Crippen molar-refractivity contribution in [2.24, 2.45) is 0 Å². The summed E-state index contributed by atoms with van der Waals surface area (Å²) in [5.74, 6) is 1.77. The van der Waals surface area contributed by atoms with Crippen LogP contribution in [0.2, 0.25) is 0 Å². The van der Waals surface area contributed by atoms with Crippen LogP contribution in [-0.4, -0.2) is 55.8 Å². The highest BCUT2D eigenvalue weighted by molar-refractivity contribution is 5.60. The second-order valence-electron chi connectivity index (χ2n) is 7.54. The van der Waals surface area contributed by atoms with E-state index < -0.39 is 0 Å². The van der Waals surface area contributed by atoms with Crippen LogP contribution < -0.4 is 9.64 Å². The molecule has 0 amide bonds. The molecule has 0 radical (unpaired) electrons. The molecule has 1 aromatic heterocycles. The minimum Gasteiger partial charge on any atom is -0.497 e. The molecular weight excluding hydrogens is 364 g/mol. The van der Waals surface area contributed by atoms with E-state index in [1.54, 1.807) is 7.11 Å². The summed E-state index contributed by atoms with van der Waals surface area (Å²) in [6.07, 6.45) is 1.89. The fourth-order valence-electron chi connectivity index (χ4n) is 3.66. The number of rotatable bonds is 6. The van der Waals surface area contributed by atoms with Crippen LogP contribution in [0.4, 0.5) is 5.69 Å². The topological polar surface area (TPSA) is 53.6 Å². The van der Waals surface area contributed by atoms with Gasteiger partial charge < -0.3 is 19.4 Å². The molecule has 1 aliphatic heterocycles. The first-order valence-corrected chi connectivity index (χ1v) is 9.91. The van der Waals surface area contributed by atoms with Gasteiger partial charge in [0.1, 0.15) is 11.6 Å². The zero-order valence-corrected chi connectivity index (χ0v) is 17.3. The van der Waals surface area contributed by atoms with Gasteiger partial charge in [0.05, 0.1) is 38.3 Å². The summed E-state index contributed by atoms with van der Waals surface area (Å²) < 4.78 is 11.1. The summed E-state index contributed by atoms with van der Waals surface area (Å²) in [5, 5.41) is 0. The van der Waals surface area contributed by atoms with Crippen LogP contribution >= 0.6 is 0 Å². The molecule has 1 N–H and O–H groups in total. The number of aromatic nitrogens is 2. The predicted molar refractivity (Wildman–Crippen MR) is 115 cm³/mol. The SMILES string of the molecule is COc1cccc(-c2cnc([C@@H]3COCCN3Cc3ccc(N(C)C)cc3)[nH]2)c1. The van der Waals surface area contributed by atoms with E-state index in [1.807, 2.05) is 24.4 Å². The maximum absolute atomic E-state index is 5.78. The van der Waals surface area contributed by atoms with Gasteiger partial charge in [-0.2, -0.15) is 0 Å². The Hall–Kier alpha value is -2.83. The lowest BCUT2D eigenvalue weighted by atomic mass is 10.1. The van der Waals surface area contributed by atoms with Gasteiger partial charge in [-0.05, 0) is 29.8 Å². The van der Waals surface area contributed by atoms with Crippen molar-refractivity contribution >= 4 is 5.69 Å². The second-order valence-corrected chi connectivity index (χ2v) is 7.54. The maximum Gasteiger partial charge on any atom is 0.126 e. The van der Waals surface area contributed by atoms with Gasteiger partial charge in [-0.1, -0.05) is 24.3 Å². The molecule has 0 aliphatic carbocycles. The summed E-state index contributed by atoms with van der Waals surface area (Å²) in [5.41, 5.74) is 4.55. The Labute approximate surface area is 172 Å². The number of imidazole rings is 1. The van der Waals surface area contributed by atoms with Crippen LogP contribution in [0.15, 0.2) is 54.7 Å². The van der Waals surface area contributed by atoms with Crippen molar-refractivity contribution in [3.05, 3.63) is 66.1 Å². The van der Waals surface area contributed by atoms with E-state index in [9.17, 15) is 0 Å². The quantitative estimate of drug-likeness (QED) is 0.693. The van der Waals surface area contributed by atoms with Gasteiger partial charge in [0.15, 0.2) is 0 Å². The van der Waals surface area contributed by atoms with Gasteiger partial charge in [-0.3, -0.25) is 4.90 Å². The lowest BCUT2D eigenvalue weighted by Gasteiger charge is -2.34. The molecule has 2 aromatic carbocycles. The molecule has 0 unspecified atom stereocenters. The lowest BCUT2D eigenvalue weighted by molar-refractivity contribution is -0.0156. The van der Waals surface area contributed by atoms with Crippen LogP contribution in [0, 0.1) is 0 Å². The number of benzene rings is 2. The van der Waals surface area contributed by atoms with Crippen molar-refractivity contribution in [3.63, 3.8) is 0 Å². The van der Waals surface area contributed by atoms with Crippen LogP contribution in [0.25, 0.3) is 11.3 Å². The summed E-state index contributed by atoms with van der Waals surface area (Å²) >= 11 is 0. The summed E-state index contributed by atoms with van der Waals surface area (Å²) in [6, 6.07) is 16.8. The Morgan fingerprint density at radius 1 is 1.21 bits per heavy atom. The van der Waals surface area contributed by atoms with Crippen molar-refractivity contribution in [2.45, 2.75) is 12.6 Å². The fourth-order valence-corrected chi connectivity index (χ4v) is 3.66. The van der Waals surface area contributed by atoms with Crippen molar-refractivity contribution in [2.75, 3.05) is 45.9 Å². The molecule has 0 saturated carbocycles. The highest BCUT2D eigenvalue weighted by Crippen LogP contribution is 2.28. The molecule has 3 aromatic rings. The Morgan fingerprint density at radius 3 is 2.79 bits per heavy atom. The number of anilines is 1. The van der Waals surface area contributed by atoms with Crippen molar-refractivity contribution in [1.29, 1.82) is 0 Å². The largest absolute Gasteiger partial charge is 0.497 e. The summed E-state index contributed by atoms with van der Waals surface area (Å²) in [6.45, 7) is 3.14. The third kappa shape index (κ3) is 4.44. The van der Waals surface area contributed by atoms with Gasteiger partial charge in [0.2, 0.25) is 0 Å². The molecule has 0 bridgehead atoms. The van der Waals surface area contributed by atoms with E-state index in [0.717, 1.165) is 42.5 Å². The number of aromatic amines is 1. The van der Waals surface area contributed by atoms with Crippen LogP contribution in [0.5, 0.6) is 5.75 Å². The number of methoxy groups -OCH3 is 1. The minimum absolute atomic E-state index is 0.108. The normalized spacial score (nSPS) is 17.3. The number of hydrogen-bond donors (Lipinski definition) is 1. The Kier molecular flexibility index (Phi) is 5.83. The minimum atomic E-state index is 0.108. The standard InChI is InChI=1S/C23H28N4O2/c1-26(2)19-9-7-17(8-10-19)15-27-11-12-29-16-22(27)23-24-14-21(25-23)18-5-4-6-20(13-18)28-3/h4-10,13-14,22H,11-12,15-16H2,1-3H3,(H,24,25)/t22-/m0/s1. The molecule has 1 atom stereocenters. The van der Waals surface area contributed by atoms with Gasteiger partial charge in [-0.15, -0.1) is 0 Å². The Balaban J connectivity index is 1.52. The number of morpholine rings is 1. The lowest BCUT2D eigenvalue weighted by Crippen LogP contribution is -2.39. The van der Waals surface area contributed by atoms with E-state index >= 15 is 0 Å². The molecule has 1 saturated heterocycles. The van der Waals surface area contributed by atoms with Gasteiger partial charge >= 0.3 is 0 Å².